The van der Waals surface area contributed by atoms with Crippen molar-refractivity contribution in [2.45, 2.75) is 37.6 Å². The summed E-state index contributed by atoms with van der Waals surface area (Å²) in [6.45, 7) is 4.74. The largest absolute Gasteiger partial charge is 0.335 e. The Morgan fingerprint density at radius 3 is 2.53 bits per heavy atom. The Kier molecular flexibility index (Phi) is 6.84. The highest BCUT2D eigenvalue weighted by Crippen LogP contribution is 2.30. The molecule has 1 aliphatic heterocycles. The zero-order chi connectivity index (χ0) is 22.1. The third-order valence-corrected chi connectivity index (χ3v) is 8.02. The summed E-state index contributed by atoms with van der Waals surface area (Å²) in [5, 5.41) is 0.0963. The van der Waals surface area contributed by atoms with Gasteiger partial charge in [-0.25, -0.2) is 12.8 Å². The first-order valence-electron chi connectivity index (χ1n) is 9.93. The van der Waals surface area contributed by atoms with E-state index in [0.29, 0.717) is 13.1 Å². The van der Waals surface area contributed by atoms with Gasteiger partial charge in [0.1, 0.15) is 10.7 Å². The number of carbonyl (C=O) groups is 1. The molecule has 1 amide bonds. The Hall–Kier alpha value is -1.96. The standard InChI is InChI=1S/C22H26ClFN2O3S/c1-15-5-4-12-26(14-15)30(28,29)21-13-18(8-11-20(21)23)22(27)25(3)16(2)17-6-9-19(24)10-7-17/h6-11,13,15-16H,4-5,12,14H2,1-3H3. The molecule has 3 rings (SSSR count). The van der Waals surface area contributed by atoms with Crippen LogP contribution < -0.4 is 0 Å². The molecule has 0 saturated carbocycles. The molecule has 0 N–H and O–H groups in total. The summed E-state index contributed by atoms with van der Waals surface area (Å²) >= 11 is 6.23. The fourth-order valence-corrected chi connectivity index (χ4v) is 5.78. The van der Waals surface area contributed by atoms with Gasteiger partial charge in [-0.3, -0.25) is 4.79 Å². The van der Waals surface area contributed by atoms with E-state index in [-0.39, 0.29) is 39.2 Å². The molecule has 1 fully saturated rings. The minimum Gasteiger partial charge on any atom is -0.335 e. The van der Waals surface area contributed by atoms with Gasteiger partial charge in [0.25, 0.3) is 5.91 Å². The van der Waals surface area contributed by atoms with Gasteiger partial charge < -0.3 is 4.90 Å². The molecule has 0 spiro atoms. The van der Waals surface area contributed by atoms with Gasteiger partial charge in [0.2, 0.25) is 10.0 Å². The van der Waals surface area contributed by atoms with Crippen molar-refractivity contribution in [1.82, 2.24) is 9.21 Å². The van der Waals surface area contributed by atoms with Gasteiger partial charge in [0, 0.05) is 25.7 Å². The number of rotatable bonds is 5. The Balaban J connectivity index is 1.88. The van der Waals surface area contributed by atoms with Crippen LogP contribution in [-0.2, 0) is 10.0 Å². The monoisotopic (exact) mass is 452 g/mol. The molecule has 162 valence electrons. The number of hydrogen-bond donors (Lipinski definition) is 0. The second-order valence-corrected chi connectivity index (χ2v) is 10.2. The van der Waals surface area contributed by atoms with Crippen LogP contribution in [0.15, 0.2) is 47.4 Å². The van der Waals surface area contributed by atoms with Crippen molar-refractivity contribution >= 4 is 27.5 Å². The van der Waals surface area contributed by atoms with Gasteiger partial charge in [-0.1, -0.05) is 30.7 Å². The maximum atomic E-state index is 13.2. The van der Waals surface area contributed by atoms with E-state index in [4.69, 9.17) is 11.6 Å². The number of benzene rings is 2. The fourth-order valence-electron chi connectivity index (χ4n) is 3.68. The average molecular weight is 453 g/mol. The van der Waals surface area contributed by atoms with Gasteiger partial charge in [0.15, 0.2) is 0 Å². The maximum absolute atomic E-state index is 13.2. The first-order valence-corrected chi connectivity index (χ1v) is 11.8. The minimum atomic E-state index is -3.80. The van der Waals surface area contributed by atoms with Crippen molar-refractivity contribution < 1.29 is 17.6 Å². The molecule has 0 aliphatic carbocycles. The average Bonchev–Trinajstić information content (AvgIpc) is 2.73. The molecule has 2 aromatic rings. The van der Waals surface area contributed by atoms with Crippen molar-refractivity contribution in [3.63, 3.8) is 0 Å². The lowest BCUT2D eigenvalue weighted by Gasteiger charge is -2.30. The summed E-state index contributed by atoms with van der Waals surface area (Å²) in [6.07, 6.45) is 1.79. The topological polar surface area (TPSA) is 57.7 Å². The minimum absolute atomic E-state index is 0.0491. The smallest absolute Gasteiger partial charge is 0.254 e. The highest BCUT2D eigenvalue weighted by Gasteiger charge is 2.31. The van der Waals surface area contributed by atoms with Crippen LogP contribution in [0, 0.1) is 11.7 Å². The number of halogens is 2. The molecule has 1 heterocycles. The molecule has 2 atom stereocenters. The third kappa shape index (κ3) is 4.68. The summed E-state index contributed by atoms with van der Waals surface area (Å²) in [5.74, 6) is -0.411. The van der Waals surface area contributed by atoms with Crippen LogP contribution in [-0.4, -0.2) is 43.7 Å². The summed E-state index contributed by atoms with van der Waals surface area (Å²) in [6, 6.07) is 9.94. The van der Waals surface area contributed by atoms with Crippen molar-refractivity contribution in [2.24, 2.45) is 5.92 Å². The van der Waals surface area contributed by atoms with Gasteiger partial charge in [0.05, 0.1) is 11.1 Å². The lowest BCUT2D eigenvalue weighted by molar-refractivity contribution is 0.0742. The quantitative estimate of drug-likeness (QED) is 0.658. The van der Waals surface area contributed by atoms with E-state index in [1.54, 1.807) is 19.2 Å². The van der Waals surface area contributed by atoms with Crippen LogP contribution in [0.4, 0.5) is 4.39 Å². The molecule has 1 saturated heterocycles. The van der Waals surface area contributed by atoms with Crippen LogP contribution in [0.3, 0.4) is 0 Å². The second kappa shape index (κ2) is 9.04. The summed E-state index contributed by atoms with van der Waals surface area (Å²) in [5.41, 5.74) is 1.01. The lowest BCUT2D eigenvalue weighted by atomic mass is 10.0. The van der Waals surface area contributed by atoms with Crippen molar-refractivity contribution in [2.75, 3.05) is 20.1 Å². The van der Waals surface area contributed by atoms with Crippen LogP contribution in [0.1, 0.15) is 48.7 Å². The molecular formula is C22H26ClFN2O3S. The van der Waals surface area contributed by atoms with E-state index in [0.717, 1.165) is 18.4 Å². The predicted octanol–water partition coefficient (Wildman–Crippen LogP) is 4.73. The van der Waals surface area contributed by atoms with Gasteiger partial charge in [-0.15, -0.1) is 0 Å². The molecule has 30 heavy (non-hydrogen) atoms. The number of carbonyl (C=O) groups excluding carboxylic acids is 1. The van der Waals surface area contributed by atoms with Crippen LogP contribution in [0.25, 0.3) is 0 Å². The summed E-state index contributed by atoms with van der Waals surface area (Å²) in [7, 11) is -2.17. The van der Waals surface area contributed by atoms with E-state index >= 15 is 0 Å². The van der Waals surface area contributed by atoms with Crippen molar-refractivity contribution in [3.05, 3.63) is 64.4 Å². The predicted molar refractivity (Wildman–Crippen MR) is 116 cm³/mol. The zero-order valence-electron chi connectivity index (χ0n) is 17.3. The Labute approximate surface area is 182 Å². The Morgan fingerprint density at radius 2 is 1.90 bits per heavy atom. The number of piperidine rings is 1. The van der Waals surface area contributed by atoms with Crippen molar-refractivity contribution in [3.8, 4) is 0 Å². The number of sulfonamides is 1. The van der Waals surface area contributed by atoms with Crippen LogP contribution >= 0.6 is 11.6 Å². The highest BCUT2D eigenvalue weighted by atomic mass is 35.5. The number of hydrogen-bond acceptors (Lipinski definition) is 3. The molecule has 0 radical (unpaired) electrons. The molecular weight excluding hydrogens is 427 g/mol. The molecule has 2 unspecified atom stereocenters. The molecule has 8 heteroatoms. The number of nitrogens with zero attached hydrogens (tertiary/aromatic N) is 2. The maximum Gasteiger partial charge on any atom is 0.254 e. The second-order valence-electron chi connectivity index (χ2n) is 7.90. The van der Waals surface area contributed by atoms with Gasteiger partial charge >= 0.3 is 0 Å². The normalized spacial score (nSPS) is 18.8. The van der Waals surface area contributed by atoms with E-state index in [2.05, 4.69) is 0 Å². The van der Waals surface area contributed by atoms with E-state index < -0.39 is 10.0 Å². The molecule has 0 aromatic heterocycles. The molecule has 1 aliphatic rings. The zero-order valence-corrected chi connectivity index (χ0v) is 18.9. The summed E-state index contributed by atoms with van der Waals surface area (Å²) < 4.78 is 41.0. The SMILES string of the molecule is CC1CCCN(S(=O)(=O)c2cc(C(=O)N(C)C(C)c3ccc(F)cc3)ccc2Cl)C1. The molecule has 5 nitrogen and oxygen atoms in total. The van der Waals surface area contributed by atoms with Crippen molar-refractivity contribution in [1.29, 1.82) is 0 Å². The fraction of sp³-hybridized carbons (Fsp3) is 0.409. The van der Waals surface area contributed by atoms with Crippen LogP contribution in [0.5, 0.6) is 0 Å². The Morgan fingerprint density at radius 1 is 1.23 bits per heavy atom. The summed E-state index contributed by atoms with van der Waals surface area (Å²) in [4.78, 5) is 14.5. The number of amides is 1. The van der Waals surface area contributed by atoms with E-state index in [9.17, 15) is 17.6 Å². The lowest BCUT2D eigenvalue weighted by Crippen LogP contribution is -2.39. The molecule has 2 aromatic carbocycles. The van der Waals surface area contributed by atoms with Crippen LogP contribution in [0.2, 0.25) is 5.02 Å². The van der Waals surface area contributed by atoms with Gasteiger partial charge in [-0.2, -0.15) is 4.31 Å². The third-order valence-electron chi connectivity index (χ3n) is 5.67. The first-order chi connectivity index (χ1) is 14.1. The highest BCUT2D eigenvalue weighted by molar-refractivity contribution is 7.89. The first kappa shape index (κ1) is 22.7. The van der Waals surface area contributed by atoms with Gasteiger partial charge in [-0.05, 0) is 61.6 Å². The van der Waals surface area contributed by atoms with E-state index in [1.807, 2.05) is 13.8 Å². The van der Waals surface area contributed by atoms with E-state index in [1.165, 1.54) is 39.5 Å². The molecule has 0 bridgehead atoms. The Bertz CT molecular complexity index is 1030.